The van der Waals surface area contributed by atoms with Crippen molar-refractivity contribution >= 4 is 17.7 Å². The topological polar surface area (TPSA) is 58.6 Å². The first-order chi connectivity index (χ1) is 12.8. The van der Waals surface area contributed by atoms with Crippen molar-refractivity contribution in [2.24, 2.45) is 0 Å². The number of fused-ring (bicyclic) bond motifs is 1. The maximum atomic E-state index is 13.2. The van der Waals surface area contributed by atoms with E-state index in [0.717, 1.165) is 11.6 Å². The molecule has 3 rings (SSSR count). The number of methoxy groups -OCH3 is 1. The molecule has 0 radical (unpaired) electrons. The van der Waals surface area contributed by atoms with Gasteiger partial charge >= 0.3 is 12.3 Å². The molecule has 142 valence electrons. The molecule has 0 spiro atoms. The number of carbonyl (C=O) groups is 2. The number of halogens is 3. The van der Waals surface area contributed by atoms with Gasteiger partial charge in [-0.05, 0) is 29.7 Å². The summed E-state index contributed by atoms with van der Waals surface area (Å²) in [6.07, 6.45) is -4.81. The minimum absolute atomic E-state index is 0.225. The third-order valence-electron chi connectivity index (χ3n) is 4.43. The van der Waals surface area contributed by atoms with Crippen LogP contribution in [0.25, 0.3) is 0 Å². The minimum Gasteiger partial charge on any atom is -0.453 e. The molecule has 1 aliphatic rings. The number of hydrogen-bond acceptors (Lipinski definition) is 3. The van der Waals surface area contributed by atoms with Gasteiger partial charge in [0.2, 0.25) is 0 Å². The van der Waals surface area contributed by atoms with E-state index in [0.29, 0.717) is 12.0 Å². The summed E-state index contributed by atoms with van der Waals surface area (Å²) in [6, 6.07) is 10.7. The first kappa shape index (κ1) is 18.8. The van der Waals surface area contributed by atoms with Crippen LogP contribution in [0.2, 0.25) is 0 Å². The van der Waals surface area contributed by atoms with Crippen LogP contribution in [-0.2, 0) is 22.1 Å². The van der Waals surface area contributed by atoms with E-state index in [2.05, 4.69) is 5.32 Å². The average molecular weight is 378 g/mol. The second-order valence-electron chi connectivity index (χ2n) is 6.05. The van der Waals surface area contributed by atoms with Crippen molar-refractivity contribution in [3.05, 3.63) is 65.2 Å². The van der Waals surface area contributed by atoms with Crippen LogP contribution in [-0.4, -0.2) is 30.6 Å². The first-order valence-corrected chi connectivity index (χ1v) is 8.22. The molecule has 8 heteroatoms. The van der Waals surface area contributed by atoms with Crippen LogP contribution < -0.4 is 5.32 Å². The number of carbonyl (C=O) groups excluding carboxylic acids is 2. The van der Waals surface area contributed by atoms with E-state index >= 15 is 0 Å². The van der Waals surface area contributed by atoms with Gasteiger partial charge in [0.25, 0.3) is 5.91 Å². The van der Waals surface area contributed by atoms with Gasteiger partial charge in [0, 0.05) is 6.54 Å². The van der Waals surface area contributed by atoms with E-state index in [1.807, 2.05) is 6.07 Å². The Hall–Kier alpha value is -3.03. The zero-order valence-electron chi connectivity index (χ0n) is 14.4. The molecule has 2 aromatic rings. The van der Waals surface area contributed by atoms with Crippen LogP contribution in [0.5, 0.6) is 0 Å². The van der Waals surface area contributed by atoms with Gasteiger partial charge in [0.15, 0.2) is 0 Å². The zero-order valence-corrected chi connectivity index (χ0v) is 14.4. The summed E-state index contributed by atoms with van der Waals surface area (Å²) in [5.41, 5.74) is 0.119. The molecule has 1 heterocycles. The second-order valence-corrected chi connectivity index (χ2v) is 6.05. The number of ether oxygens (including phenoxy) is 1. The lowest BCUT2D eigenvalue weighted by molar-refractivity contribution is -0.137. The van der Waals surface area contributed by atoms with Crippen LogP contribution >= 0.6 is 0 Å². The van der Waals surface area contributed by atoms with Gasteiger partial charge < -0.3 is 10.1 Å². The second kappa shape index (κ2) is 7.30. The highest BCUT2D eigenvalue weighted by atomic mass is 19.4. The van der Waals surface area contributed by atoms with Crippen molar-refractivity contribution in [3.63, 3.8) is 0 Å². The third kappa shape index (κ3) is 3.74. The molecular formula is C19H17F3N2O3. The molecule has 0 aromatic heterocycles. The molecule has 5 nitrogen and oxygen atoms in total. The summed E-state index contributed by atoms with van der Waals surface area (Å²) in [7, 11) is 1.19. The summed E-state index contributed by atoms with van der Waals surface area (Å²) in [5, 5.41) is 2.33. The molecule has 1 N–H and O–H groups in total. The molecule has 0 saturated carbocycles. The molecule has 1 aliphatic heterocycles. The number of rotatable bonds is 2. The fraction of sp³-hybridized carbons (Fsp3) is 0.263. The van der Waals surface area contributed by atoms with Gasteiger partial charge in [-0.25, -0.2) is 4.79 Å². The Bertz CT molecular complexity index is 867. The Morgan fingerprint density at radius 1 is 1.11 bits per heavy atom. The summed E-state index contributed by atoms with van der Waals surface area (Å²) in [6.45, 7) is 0.225. The van der Waals surface area contributed by atoms with Gasteiger partial charge in [-0.1, -0.05) is 36.4 Å². The van der Waals surface area contributed by atoms with Crippen molar-refractivity contribution in [2.45, 2.75) is 18.6 Å². The maximum Gasteiger partial charge on any atom is 0.418 e. The largest absolute Gasteiger partial charge is 0.453 e. The van der Waals surface area contributed by atoms with Crippen LogP contribution in [0.15, 0.2) is 48.5 Å². The summed E-state index contributed by atoms with van der Waals surface area (Å²) >= 11 is 0. The Morgan fingerprint density at radius 2 is 1.78 bits per heavy atom. The Labute approximate surface area is 153 Å². The van der Waals surface area contributed by atoms with Crippen LogP contribution in [0, 0.1) is 0 Å². The van der Waals surface area contributed by atoms with Crippen molar-refractivity contribution in [2.75, 3.05) is 19.0 Å². The fourth-order valence-corrected chi connectivity index (χ4v) is 3.20. The highest BCUT2D eigenvalue weighted by Gasteiger charge is 2.38. The molecule has 0 fully saturated rings. The standard InChI is InChI=1S/C19H17F3N2O3/c1-27-18(26)24-11-10-12-6-2-3-7-13(12)16(24)17(25)23-15-9-5-4-8-14(15)19(20,21)22/h2-9,16H,10-11H2,1H3,(H,23,25)/t16-/m0/s1. The normalized spacial score (nSPS) is 16.4. The minimum atomic E-state index is -4.61. The Kier molecular flexibility index (Phi) is 5.07. The smallest absolute Gasteiger partial charge is 0.418 e. The number of anilines is 1. The number of hydrogen-bond donors (Lipinski definition) is 1. The molecule has 1 atom stereocenters. The fourth-order valence-electron chi connectivity index (χ4n) is 3.20. The van der Waals surface area contributed by atoms with Gasteiger partial charge in [-0.3, -0.25) is 9.69 Å². The number of alkyl halides is 3. The van der Waals surface area contributed by atoms with Crippen molar-refractivity contribution in [3.8, 4) is 0 Å². The van der Waals surface area contributed by atoms with E-state index < -0.39 is 29.8 Å². The van der Waals surface area contributed by atoms with Crippen LogP contribution in [0.1, 0.15) is 22.7 Å². The molecule has 27 heavy (non-hydrogen) atoms. The molecule has 0 bridgehead atoms. The summed E-state index contributed by atoms with van der Waals surface area (Å²) in [4.78, 5) is 26.2. The quantitative estimate of drug-likeness (QED) is 0.859. The number of benzene rings is 2. The molecule has 2 aromatic carbocycles. The molecule has 0 unspecified atom stereocenters. The van der Waals surface area contributed by atoms with Crippen molar-refractivity contribution in [1.29, 1.82) is 0 Å². The van der Waals surface area contributed by atoms with Crippen LogP contribution in [0.3, 0.4) is 0 Å². The predicted octanol–water partition coefficient (Wildman–Crippen LogP) is 4.01. The zero-order chi connectivity index (χ0) is 19.6. The molecule has 0 aliphatic carbocycles. The molecule has 2 amide bonds. The van der Waals surface area contributed by atoms with Gasteiger partial charge in [0.1, 0.15) is 6.04 Å². The van der Waals surface area contributed by atoms with Crippen LogP contribution in [0.4, 0.5) is 23.7 Å². The Balaban J connectivity index is 1.98. The van der Waals surface area contributed by atoms with Crippen molar-refractivity contribution in [1.82, 2.24) is 4.90 Å². The lowest BCUT2D eigenvalue weighted by Crippen LogP contribution is -2.45. The highest BCUT2D eigenvalue weighted by Crippen LogP contribution is 2.36. The monoisotopic (exact) mass is 378 g/mol. The van der Waals surface area contributed by atoms with E-state index in [4.69, 9.17) is 4.74 Å². The number of para-hydroxylation sites is 1. The van der Waals surface area contributed by atoms with E-state index in [-0.39, 0.29) is 12.2 Å². The lowest BCUT2D eigenvalue weighted by Gasteiger charge is -2.35. The molecule has 0 saturated heterocycles. The maximum absolute atomic E-state index is 13.2. The summed E-state index contributed by atoms with van der Waals surface area (Å²) < 4.78 is 44.4. The Morgan fingerprint density at radius 3 is 2.48 bits per heavy atom. The van der Waals surface area contributed by atoms with Gasteiger partial charge in [-0.2, -0.15) is 13.2 Å². The summed E-state index contributed by atoms with van der Waals surface area (Å²) in [5.74, 6) is -0.732. The average Bonchev–Trinajstić information content (AvgIpc) is 2.66. The van der Waals surface area contributed by atoms with Crippen molar-refractivity contribution < 1.29 is 27.5 Å². The predicted molar refractivity (Wildman–Crippen MR) is 92.1 cm³/mol. The number of nitrogens with one attached hydrogen (secondary N) is 1. The highest BCUT2D eigenvalue weighted by molar-refractivity contribution is 5.98. The number of amides is 2. The lowest BCUT2D eigenvalue weighted by atomic mass is 9.92. The SMILES string of the molecule is COC(=O)N1CCc2ccccc2[C@H]1C(=O)Nc1ccccc1C(F)(F)F. The van der Waals surface area contributed by atoms with E-state index in [9.17, 15) is 22.8 Å². The third-order valence-corrected chi connectivity index (χ3v) is 4.43. The van der Waals surface area contributed by atoms with E-state index in [1.165, 1.54) is 30.2 Å². The van der Waals surface area contributed by atoms with E-state index in [1.54, 1.807) is 18.2 Å². The number of nitrogens with zero attached hydrogens (tertiary/aromatic N) is 1. The van der Waals surface area contributed by atoms with Gasteiger partial charge in [-0.15, -0.1) is 0 Å². The van der Waals surface area contributed by atoms with Gasteiger partial charge in [0.05, 0.1) is 18.4 Å². The molecular weight excluding hydrogens is 361 g/mol. The first-order valence-electron chi connectivity index (χ1n) is 8.22.